The predicted octanol–water partition coefficient (Wildman–Crippen LogP) is 2.55. The van der Waals surface area contributed by atoms with Gasteiger partial charge in [0.25, 0.3) is 0 Å². The third-order valence-electron chi connectivity index (χ3n) is 4.49. The second-order valence-corrected chi connectivity index (χ2v) is 7.68. The van der Waals surface area contributed by atoms with E-state index in [-0.39, 0.29) is 5.71 Å². The van der Waals surface area contributed by atoms with Crippen molar-refractivity contribution in [3.63, 3.8) is 0 Å². The Bertz CT molecular complexity index is 728. The lowest BCUT2D eigenvalue weighted by Gasteiger charge is -2.26. The maximum absolute atomic E-state index is 11.7. The van der Waals surface area contributed by atoms with E-state index < -0.39 is 23.4 Å². The van der Waals surface area contributed by atoms with Crippen LogP contribution < -0.4 is 5.32 Å². The van der Waals surface area contributed by atoms with E-state index in [1.165, 1.54) is 24.6 Å². The Balaban J connectivity index is 1.73. The number of nitrogens with one attached hydrogen (secondary N) is 1. The largest absolute Gasteiger partial charge is 0.480 e. The smallest absolute Gasteiger partial charge is 0.354 e. The van der Waals surface area contributed by atoms with Crippen molar-refractivity contribution in [2.75, 3.05) is 5.75 Å². The van der Waals surface area contributed by atoms with Gasteiger partial charge in [0.2, 0.25) is 0 Å². The number of allylic oxidation sites excluding steroid dienone is 1. The average Bonchev–Trinajstić information content (AvgIpc) is 3.45. The fourth-order valence-electron chi connectivity index (χ4n) is 2.81. The molecule has 2 atom stereocenters. The second-order valence-electron chi connectivity index (χ2n) is 6.58. The van der Waals surface area contributed by atoms with Crippen molar-refractivity contribution < 1.29 is 19.8 Å². The standard InChI is InChI=1S/C19H22N2O4S/c22-18(23)15-14(9-8-12-6-7-12)11-26-17(21-15)16(19(24)25)20-10-13-4-2-1-3-5-13/h1-5,9,12,16-17,20H,6-8,10-11H2,(H,22,23)(H,24,25). The van der Waals surface area contributed by atoms with Gasteiger partial charge in [0, 0.05) is 12.3 Å². The van der Waals surface area contributed by atoms with Gasteiger partial charge in [-0.25, -0.2) is 4.79 Å². The van der Waals surface area contributed by atoms with Crippen molar-refractivity contribution in [1.82, 2.24) is 5.32 Å². The zero-order valence-electron chi connectivity index (χ0n) is 14.3. The van der Waals surface area contributed by atoms with Gasteiger partial charge < -0.3 is 10.2 Å². The monoisotopic (exact) mass is 374 g/mol. The zero-order chi connectivity index (χ0) is 18.5. The van der Waals surface area contributed by atoms with Crippen LogP contribution in [0.15, 0.2) is 47.0 Å². The number of carboxylic acids is 2. The van der Waals surface area contributed by atoms with Crippen LogP contribution >= 0.6 is 11.8 Å². The van der Waals surface area contributed by atoms with Gasteiger partial charge in [-0.2, -0.15) is 0 Å². The van der Waals surface area contributed by atoms with Crippen LogP contribution in [0, 0.1) is 5.92 Å². The predicted molar refractivity (Wildman–Crippen MR) is 101 cm³/mol. The molecule has 0 saturated heterocycles. The molecule has 0 bridgehead atoms. The first kappa shape index (κ1) is 18.7. The van der Waals surface area contributed by atoms with E-state index in [1.54, 1.807) is 0 Å². The topological polar surface area (TPSA) is 99.0 Å². The minimum Gasteiger partial charge on any atom is -0.480 e. The number of rotatable bonds is 8. The molecule has 138 valence electrons. The lowest BCUT2D eigenvalue weighted by atomic mass is 10.1. The molecular weight excluding hydrogens is 352 g/mol. The maximum atomic E-state index is 11.7. The molecule has 0 spiro atoms. The molecule has 2 unspecified atom stereocenters. The first-order valence-corrected chi connectivity index (χ1v) is 9.71. The molecule has 1 saturated carbocycles. The van der Waals surface area contributed by atoms with Crippen molar-refractivity contribution in [3.05, 3.63) is 47.5 Å². The van der Waals surface area contributed by atoms with Gasteiger partial charge in [0.15, 0.2) is 0 Å². The van der Waals surface area contributed by atoms with E-state index in [4.69, 9.17) is 0 Å². The molecule has 0 aromatic heterocycles. The summed E-state index contributed by atoms with van der Waals surface area (Å²) in [7, 11) is 0. The highest BCUT2D eigenvalue weighted by molar-refractivity contribution is 8.00. The lowest BCUT2D eigenvalue weighted by molar-refractivity contribution is -0.139. The molecule has 1 aromatic carbocycles. The van der Waals surface area contributed by atoms with Crippen molar-refractivity contribution in [2.24, 2.45) is 10.9 Å². The highest BCUT2D eigenvalue weighted by Gasteiger charge is 2.34. The van der Waals surface area contributed by atoms with Crippen molar-refractivity contribution in [3.8, 4) is 0 Å². The molecule has 0 amide bonds. The molecule has 1 fully saturated rings. The molecule has 1 aliphatic carbocycles. The Labute approximate surface area is 156 Å². The fraction of sp³-hybridized carbons (Fsp3) is 0.421. The minimum atomic E-state index is -1.09. The van der Waals surface area contributed by atoms with E-state index in [1.807, 2.05) is 36.4 Å². The zero-order valence-corrected chi connectivity index (χ0v) is 15.1. The molecule has 1 heterocycles. The van der Waals surface area contributed by atoms with Crippen LogP contribution in [0.2, 0.25) is 0 Å². The van der Waals surface area contributed by atoms with Gasteiger partial charge >= 0.3 is 11.9 Å². The summed E-state index contributed by atoms with van der Waals surface area (Å²) >= 11 is 1.37. The van der Waals surface area contributed by atoms with Crippen molar-refractivity contribution in [1.29, 1.82) is 0 Å². The third-order valence-corrected chi connectivity index (χ3v) is 5.68. The first-order chi connectivity index (χ1) is 12.5. The van der Waals surface area contributed by atoms with Crippen molar-refractivity contribution in [2.45, 2.75) is 37.2 Å². The van der Waals surface area contributed by atoms with Crippen LogP contribution in [0.25, 0.3) is 0 Å². The summed E-state index contributed by atoms with van der Waals surface area (Å²) in [5.41, 5.74) is 1.67. The van der Waals surface area contributed by atoms with Gasteiger partial charge in [-0.1, -0.05) is 36.4 Å². The molecule has 26 heavy (non-hydrogen) atoms. The van der Waals surface area contributed by atoms with Gasteiger partial charge in [0.1, 0.15) is 17.1 Å². The summed E-state index contributed by atoms with van der Waals surface area (Å²) in [6.07, 6.45) is 5.23. The van der Waals surface area contributed by atoms with E-state index in [0.717, 1.165) is 12.0 Å². The molecule has 7 heteroatoms. The van der Waals surface area contributed by atoms with E-state index >= 15 is 0 Å². The normalized spacial score (nSPS) is 22.7. The Hall–Kier alpha value is -2.12. The Morgan fingerprint density at radius 2 is 2.00 bits per heavy atom. The number of nitrogens with zero attached hydrogens (tertiary/aromatic N) is 1. The van der Waals surface area contributed by atoms with Crippen LogP contribution in [0.1, 0.15) is 24.8 Å². The number of carbonyl (C=O) groups is 2. The number of carboxylic acid groups (broad SMARTS) is 2. The number of hydrogen-bond acceptors (Lipinski definition) is 5. The highest BCUT2D eigenvalue weighted by atomic mass is 32.2. The first-order valence-electron chi connectivity index (χ1n) is 8.67. The molecular formula is C19H22N2O4S. The molecule has 3 N–H and O–H groups in total. The van der Waals surface area contributed by atoms with Crippen LogP contribution in [0.5, 0.6) is 0 Å². The number of aliphatic imine (C=N–C) groups is 1. The SMILES string of the molecule is O=C(O)C1=NC(C(NCc2ccccc2)C(=O)O)SCC1=CCC1CC1. The van der Waals surface area contributed by atoms with Crippen molar-refractivity contribution >= 4 is 29.4 Å². The molecule has 1 aliphatic heterocycles. The van der Waals surface area contributed by atoms with Crippen LogP contribution in [-0.4, -0.2) is 45.0 Å². The Morgan fingerprint density at radius 1 is 1.27 bits per heavy atom. The quantitative estimate of drug-likeness (QED) is 0.647. The molecule has 0 radical (unpaired) electrons. The van der Waals surface area contributed by atoms with E-state index in [0.29, 0.717) is 23.8 Å². The molecule has 6 nitrogen and oxygen atoms in total. The number of hydrogen-bond donors (Lipinski definition) is 3. The average molecular weight is 374 g/mol. The van der Waals surface area contributed by atoms with Gasteiger partial charge in [-0.3, -0.25) is 15.1 Å². The minimum absolute atomic E-state index is 0.00200. The molecule has 1 aromatic rings. The number of benzene rings is 1. The summed E-state index contributed by atoms with van der Waals surface area (Å²) < 4.78 is 0. The summed E-state index contributed by atoms with van der Waals surface area (Å²) in [6.45, 7) is 0.386. The maximum Gasteiger partial charge on any atom is 0.354 e. The Kier molecular flexibility index (Phi) is 6.11. The third kappa shape index (κ3) is 4.95. The van der Waals surface area contributed by atoms with Gasteiger partial charge in [0.05, 0.1) is 0 Å². The van der Waals surface area contributed by atoms with E-state index in [2.05, 4.69) is 10.3 Å². The Morgan fingerprint density at radius 3 is 2.62 bits per heavy atom. The van der Waals surface area contributed by atoms with Crippen LogP contribution in [0.4, 0.5) is 0 Å². The lowest BCUT2D eigenvalue weighted by Crippen LogP contribution is -2.45. The van der Waals surface area contributed by atoms with Gasteiger partial charge in [-0.15, -0.1) is 11.8 Å². The summed E-state index contributed by atoms with van der Waals surface area (Å²) in [5.74, 6) is -0.985. The van der Waals surface area contributed by atoms with Crippen LogP contribution in [-0.2, 0) is 16.1 Å². The summed E-state index contributed by atoms with van der Waals surface area (Å²) in [5, 5.41) is 21.4. The van der Waals surface area contributed by atoms with Crippen LogP contribution in [0.3, 0.4) is 0 Å². The van der Waals surface area contributed by atoms with Gasteiger partial charge in [-0.05, 0) is 36.3 Å². The number of aliphatic carboxylic acids is 2. The molecule has 2 aliphatic rings. The summed E-state index contributed by atoms with van der Waals surface area (Å²) in [6, 6.07) is 8.54. The second kappa shape index (κ2) is 8.51. The van der Waals surface area contributed by atoms with E-state index in [9.17, 15) is 19.8 Å². The molecule has 3 rings (SSSR count). The fourth-order valence-corrected chi connectivity index (χ4v) is 4.00. The summed E-state index contributed by atoms with van der Waals surface area (Å²) in [4.78, 5) is 27.6. The highest BCUT2D eigenvalue weighted by Crippen LogP contribution is 2.34. The number of thioether (sulfide) groups is 1.